The van der Waals surface area contributed by atoms with E-state index in [-0.39, 0.29) is 24.2 Å². The van der Waals surface area contributed by atoms with E-state index >= 15 is 0 Å². The van der Waals surface area contributed by atoms with Gasteiger partial charge in [0.1, 0.15) is 5.75 Å². The molecule has 0 bridgehead atoms. The minimum absolute atomic E-state index is 0. The minimum atomic E-state index is -0.722. The second-order valence-electron chi connectivity index (χ2n) is 5.95. The van der Waals surface area contributed by atoms with E-state index in [4.69, 9.17) is 4.74 Å². The van der Waals surface area contributed by atoms with E-state index < -0.39 is 12.2 Å². The van der Waals surface area contributed by atoms with Crippen LogP contribution in [0.3, 0.4) is 0 Å². The van der Waals surface area contributed by atoms with Crippen molar-refractivity contribution in [2.75, 3.05) is 19.6 Å². The number of aliphatic hydroxyl groups excluding tert-OH is 1. The van der Waals surface area contributed by atoms with Crippen LogP contribution < -0.4 is 15.4 Å². The quantitative estimate of drug-likeness (QED) is 0.734. The van der Waals surface area contributed by atoms with Crippen molar-refractivity contribution in [3.05, 3.63) is 66.2 Å². The first-order valence-electron chi connectivity index (χ1n) is 8.17. The SMILES string of the molecule is Cl.O=C(NCC1CNCC1O)C(Oc1ccccc1)c1ccccc1. The normalized spacial score (nSPS) is 20.4. The maximum Gasteiger partial charge on any atom is 0.265 e. The fourth-order valence-electron chi connectivity index (χ4n) is 2.79. The van der Waals surface area contributed by atoms with Crippen molar-refractivity contribution < 1.29 is 14.6 Å². The Balaban J connectivity index is 0.00000225. The van der Waals surface area contributed by atoms with Crippen molar-refractivity contribution in [3.63, 3.8) is 0 Å². The molecule has 1 aliphatic heterocycles. The summed E-state index contributed by atoms with van der Waals surface area (Å²) in [5.74, 6) is 0.468. The predicted octanol–water partition coefficient (Wildman–Crippen LogP) is 1.92. The lowest BCUT2D eigenvalue weighted by atomic mass is 10.1. The van der Waals surface area contributed by atoms with Crippen molar-refractivity contribution in [1.82, 2.24) is 10.6 Å². The zero-order valence-corrected chi connectivity index (χ0v) is 14.6. The van der Waals surface area contributed by atoms with E-state index in [9.17, 15) is 9.90 Å². The Bertz CT molecular complexity index is 654. The van der Waals surface area contributed by atoms with Gasteiger partial charge in [0.25, 0.3) is 5.91 Å². The second-order valence-corrected chi connectivity index (χ2v) is 5.95. The van der Waals surface area contributed by atoms with Crippen molar-refractivity contribution in [2.45, 2.75) is 12.2 Å². The fraction of sp³-hybridized carbons (Fsp3) is 0.316. The van der Waals surface area contributed by atoms with Gasteiger partial charge in [-0.25, -0.2) is 0 Å². The third kappa shape index (κ3) is 5.19. The van der Waals surface area contributed by atoms with Gasteiger partial charge in [-0.3, -0.25) is 4.79 Å². The lowest BCUT2D eigenvalue weighted by Crippen LogP contribution is -2.38. The van der Waals surface area contributed by atoms with E-state index in [2.05, 4.69) is 10.6 Å². The van der Waals surface area contributed by atoms with Crippen molar-refractivity contribution in [2.24, 2.45) is 5.92 Å². The van der Waals surface area contributed by atoms with E-state index in [1.807, 2.05) is 60.7 Å². The average molecular weight is 363 g/mol. The molecule has 1 fully saturated rings. The molecule has 134 valence electrons. The molecule has 1 aliphatic rings. The number of carbonyl (C=O) groups excluding carboxylic acids is 1. The number of halogens is 1. The first-order valence-corrected chi connectivity index (χ1v) is 8.17. The van der Waals surface area contributed by atoms with Crippen LogP contribution in [0.1, 0.15) is 11.7 Å². The van der Waals surface area contributed by atoms with Gasteiger partial charge in [0.05, 0.1) is 6.10 Å². The van der Waals surface area contributed by atoms with Crippen LogP contribution in [0.25, 0.3) is 0 Å². The molecule has 6 heteroatoms. The molecular weight excluding hydrogens is 340 g/mol. The van der Waals surface area contributed by atoms with Crippen LogP contribution in [0.5, 0.6) is 5.75 Å². The van der Waals surface area contributed by atoms with Crippen molar-refractivity contribution in [3.8, 4) is 5.75 Å². The molecule has 2 aromatic carbocycles. The molecule has 3 atom stereocenters. The number of nitrogens with one attached hydrogen (secondary N) is 2. The lowest BCUT2D eigenvalue weighted by Gasteiger charge is -2.21. The topological polar surface area (TPSA) is 70.6 Å². The summed E-state index contributed by atoms with van der Waals surface area (Å²) in [4.78, 5) is 12.7. The van der Waals surface area contributed by atoms with Crippen LogP contribution in [0.4, 0.5) is 0 Å². The summed E-state index contributed by atoms with van der Waals surface area (Å²) in [6.45, 7) is 1.70. The van der Waals surface area contributed by atoms with Gasteiger partial charge in [0.15, 0.2) is 0 Å². The van der Waals surface area contributed by atoms with Crippen LogP contribution in [0, 0.1) is 5.92 Å². The number of carbonyl (C=O) groups is 1. The van der Waals surface area contributed by atoms with Crippen LogP contribution in [-0.4, -0.2) is 36.8 Å². The predicted molar refractivity (Wildman–Crippen MR) is 98.9 cm³/mol. The number of hydrogen-bond acceptors (Lipinski definition) is 4. The zero-order valence-electron chi connectivity index (χ0n) is 13.8. The van der Waals surface area contributed by atoms with Crippen LogP contribution in [0.15, 0.2) is 60.7 Å². The highest BCUT2D eigenvalue weighted by molar-refractivity contribution is 5.85. The number of aliphatic hydroxyl groups is 1. The molecule has 25 heavy (non-hydrogen) atoms. The Labute approximate surface area is 153 Å². The highest BCUT2D eigenvalue weighted by Gasteiger charge is 2.28. The molecule has 3 rings (SSSR count). The van der Waals surface area contributed by atoms with Gasteiger partial charge in [-0.1, -0.05) is 48.5 Å². The van der Waals surface area contributed by atoms with Gasteiger partial charge in [-0.05, 0) is 12.1 Å². The number of para-hydroxylation sites is 1. The molecule has 1 heterocycles. The summed E-state index contributed by atoms with van der Waals surface area (Å²) in [6, 6.07) is 18.7. The van der Waals surface area contributed by atoms with Gasteiger partial charge in [0.2, 0.25) is 6.10 Å². The molecular formula is C19H23ClN2O3. The van der Waals surface area contributed by atoms with E-state index in [0.717, 1.165) is 5.56 Å². The lowest BCUT2D eigenvalue weighted by molar-refractivity contribution is -0.128. The summed E-state index contributed by atoms with van der Waals surface area (Å²) in [6.07, 6.45) is -1.14. The van der Waals surface area contributed by atoms with E-state index in [1.165, 1.54) is 0 Å². The molecule has 0 spiro atoms. The second kappa shape index (κ2) is 9.42. The number of rotatable bonds is 6. The Morgan fingerprint density at radius 3 is 2.36 bits per heavy atom. The molecule has 0 saturated carbocycles. The highest BCUT2D eigenvalue weighted by atomic mass is 35.5. The summed E-state index contributed by atoms with van der Waals surface area (Å²) in [5.41, 5.74) is 0.795. The number of benzene rings is 2. The summed E-state index contributed by atoms with van der Waals surface area (Å²) < 4.78 is 5.91. The standard InChI is InChI=1S/C19H22N2O3.ClH/c22-17-13-20-11-15(17)12-21-19(23)18(14-7-3-1-4-8-14)24-16-9-5-2-6-10-16;/h1-10,15,17-18,20,22H,11-13H2,(H,21,23);1H. The van der Waals surface area contributed by atoms with Gasteiger partial charge in [-0.2, -0.15) is 0 Å². The van der Waals surface area contributed by atoms with Crippen LogP contribution in [-0.2, 0) is 4.79 Å². The molecule has 3 unspecified atom stereocenters. The number of amides is 1. The first-order chi connectivity index (χ1) is 11.7. The van der Waals surface area contributed by atoms with Gasteiger partial charge >= 0.3 is 0 Å². The average Bonchev–Trinajstić information content (AvgIpc) is 3.04. The Kier molecular flexibility index (Phi) is 7.25. The van der Waals surface area contributed by atoms with Crippen molar-refractivity contribution >= 4 is 18.3 Å². The number of hydrogen-bond donors (Lipinski definition) is 3. The molecule has 3 N–H and O–H groups in total. The number of β-amino-alcohol motifs (C(OH)–C–C–N with tert-alkyl or cyclic N) is 1. The molecule has 1 saturated heterocycles. The summed E-state index contributed by atoms with van der Waals surface area (Å²) in [5, 5.41) is 15.9. The van der Waals surface area contributed by atoms with Crippen LogP contribution >= 0.6 is 12.4 Å². The first kappa shape index (κ1) is 19.2. The molecule has 1 amide bonds. The Morgan fingerprint density at radius 2 is 1.76 bits per heavy atom. The molecule has 0 aliphatic carbocycles. The summed E-state index contributed by atoms with van der Waals surface area (Å²) >= 11 is 0. The molecule has 0 aromatic heterocycles. The van der Waals surface area contributed by atoms with Crippen LogP contribution in [0.2, 0.25) is 0 Å². The highest BCUT2D eigenvalue weighted by Crippen LogP contribution is 2.22. The Hall–Kier alpha value is -2.08. The number of ether oxygens (including phenoxy) is 1. The monoisotopic (exact) mass is 362 g/mol. The maximum atomic E-state index is 12.7. The van der Waals surface area contributed by atoms with E-state index in [0.29, 0.717) is 25.4 Å². The van der Waals surface area contributed by atoms with Crippen molar-refractivity contribution in [1.29, 1.82) is 0 Å². The maximum absolute atomic E-state index is 12.7. The minimum Gasteiger partial charge on any atom is -0.476 e. The Morgan fingerprint density at radius 1 is 1.12 bits per heavy atom. The third-order valence-electron chi connectivity index (χ3n) is 4.18. The molecule has 2 aromatic rings. The van der Waals surface area contributed by atoms with E-state index in [1.54, 1.807) is 0 Å². The van der Waals surface area contributed by atoms with Gasteiger partial charge in [0, 0.05) is 31.1 Å². The zero-order chi connectivity index (χ0) is 16.8. The third-order valence-corrected chi connectivity index (χ3v) is 4.18. The smallest absolute Gasteiger partial charge is 0.265 e. The largest absolute Gasteiger partial charge is 0.476 e. The van der Waals surface area contributed by atoms with Gasteiger partial charge < -0.3 is 20.5 Å². The molecule has 0 radical (unpaired) electrons. The fourth-order valence-corrected chi connectivity index (χ4v) is 2.79. The van der Waals surface area contributed by atoms with Gasteiger partial charge in [-0.15, -0.1) is 12.4 Å². The molecule has 5 nitrogen and oxygen atoms in total. The summed E-state index contributed by atoms with van der Waals surface area (Å²) in [7, 11) is 0.